The average Bonchev–Trinajstić information content (AvgIpc) is 3.03. The van der Waals surface area contributed by atoms with E-state index in [4.69, 9.17) is 18.0 Å². The monoisotopic (exact) mass is 395 g/mol. The number of azo groups is 1. The molecule has 1 atom stereocenters. The van der Waals surface area contributed by atoms with Crippen molar-refractivity contribution in [2.75, 3.05) is 11.5 Å². The summed E-state index contributed by atoms with van der Waals surface area (Å²) in [6.07, 6.45) is 0.459. The van der Waals surface area contributed by atoms with Gasteiger partial charge in [-0.1, -0.05) is 18.2 Å². The molecule has 4 N–H and O–H groups in total. The van der Waals surface area contributed by atoms with Crippen LogP contribution in [0.1, 0.15) is 6.42 Å². The molecule has 1 fully saturated rings. The van der Waals surface area contributed by atoms with E-state index in [-0.39, 0.29) is 40.8 Å². The van der Waals surface area contributed by atoms with Crippen LogP contribution in [0.15, 0.2) is 34.5 Å². The van der Waals surface area contributed by atoms with Gasteiger partial charge in [0.05, 0.1) is 17.0 Å². The van der Waals surface area contributed by atoms with Gasteiger partial charge in [-0.15, -0.1) is 10.2 Å². The number of fused-ring (bicyclic) bond motifs is 1. The maximum Gasteiger partial charge on any atom is 0.237 e. The summed E-state index contributed by atoms with van der Waals surface area (Å²) < 4.78 is 24.3. The number of nitrogens with zero attached hydrogens (tertiary/aromatic N) is 3. The molecule has 1 amide bonds. The SMILES string of the molecule is NC(=O)Cn1c(O)c(N=NC(=S)NC2CCS(=O)(=O)C2)c2ccccc21. The molecular weight excluding hydrogens is 378 g/mol. The van der Waals surface area contributed by atoms with E-state index in [0.29, 0.717) is 17.3 Å². The minimum absolute atomic E-state index is 0.00578. The van der Waals surface area contributed by atoms with Gasteiger partial charge in [0.25, 0.3) is 0 Å². The molecule has 26 heavy (non-hydrogen) atoms. The van der Waals surface area contributed by atoms with Crippen LogP contribution < -0.4 is 11.1 Å². The Labute approximate surface area is 154 Å². The molecule has 0 spiro atoms. The first-order valence-electron chi connectivity index (χ1n) is 7.78. The van der Waals surface area contributed by atoms with E-state index in [1.165, 1.54) is 4.57 Å². The summed E-state index contributed by atoms with van der Waals surface area (Å²) in [7, 11) is -3.03. The van der Waals surface area contributed by atoms with Crippen molar-refractivity contribution in [2.24, 2.45) is 16.0 Å². The van der Waals surface area contributed by atoms with E-state index in [0.717, 1.165) is 0 Å². The second-order valence-corrected chi connectivity index (χ2v) is 8.61. The quantitative estimate of drug-likeness (QED) is 0.521. The van der Waals surface area contributed by atoms with E-state index in [1.54, 1.807) is 24.3 Å². The molecule has 11 heteroatoms. The zero-order valence-electron chi connectivity index (χ0n) is 13.6. The predicted molar refractivity (Wildman–Crippen MR) is 100 cm³/mol. The molecule has 3 rings (SSSR count). The van der Waals surface area contributed by atoms with E-state index in [2.05, 4.69) is 15.5 Å². The van der Waals surface area contributed by atoms with E-state index in [9.17, 15) is 18.3 Å². The Balaban J connectivity index is 1.84. The van der Waals surface area contributed by atoms with Crippen LogP contribution in [-0.2, 0) is 21.2 Å². The third-order valence-corrected chi connectivity index (χ3v) is 6.00. The van der Waals surface area contributed by atoms with Gasteiger partial charge in [-0.25, -0.2) is 8.42 Å². The third-order valence-electron chi connectivity index (χ3n) is 4.03. The normalized spacial score (nSPS) is 19.2. The number of sulfone groups is 1. The Morgan fingerprint density at radius 2 is 2.15 bits per heavy atom. The van der Waals surface area contributed by atoms with Gasteiger partial charge in [-0.2, -0.15) is 0 Å². The number of benzene rings is 1. The van der Waals surface area contributed by atoms with Crippen LogP contribution in [-0.4, -0.2) is 46.7 Å². The first-order chi connectivity index (χ1) is 12.3. The van der Waals surface area contributed by atoms with E-state index >= 15 is 0 Å². The lowest BCUT2D eigenvalue weighted by Gasteiger charge is -2.08. The predicted octanol–water partition coefficient (Wildman–Crippen LogP) is 0.977. The maximum absolute atomic E-state index is 11.5. The first kappa shape index (κ1) is 18.3. The highest BCUT2D eigenvalue weighted by Crippen LogP contribution is 2.38. The topological polar surface area (TPSA) is 139 Å². The number of nitrogens with two attached hydrogens (primary N) is 1. The standard InChI is InChI=1S/C15H17N5O4S2/c16-12(21)7-20-11-4-2-1-3-10(11)13(14(20)22)18-19-15(25)17-9-5-6-26(23,24)8-9/h1-4,9,22H,5-8H2,(H2,16,21)(H,17,25). The number of nitrogens with one attached hydrogen (secondary N) is 1. The molecule has 1 aromatic carbocycles. The number of carbonyl (C=O) groups is 1. The molecule has 1 aliphatic heterocycles. The Bertz CT molecular complexity index is 1010. The first-order valence-corrected chi connectivity index (χ1v) is 10.0. The molecule has 138 valence electrons. The van der Waals surface area contributed by atoms with Gasteiger partial charge >= 0.3 is 0 Å². The van der Waals surface area contributed by atoms with Gasteiger partial charge in [-0.3, -0.25) is 4.79 Å². The van der Waals surface area contributed by atoms with Crippen LogP contribution in [0.2, 0.25) is 0 Å². The van der Waals surface area contributed by atoms with Crippen molar-refractivity contribution in [3.05, 3.63) is 24.3 Å². The van der Waals surface area contributed by atoms with Crippen molar-refractivity contribution < 1.29 is 18.3 Å². The number of hydrogen-bond acceptors (Lipinski definition) is 6. The van der Waals surface area contributed by atoms with Crippen LogP contribution >= 0.6 is 12.2 Å². The van der Waals surface area contributed by atoms with Gasteiger partial charge in [0.2, 0.25) is 16.9 Å². The van der Waals surface area contributed by atoms with Crippen molar-refractivity contribution >= 4 is 49.7 Å². The smallest absolute Gasteiger partial charge is 0.237 e. The fourth-order valence-electron chi connectivity index (χ4n) is 2.89. The Hall–Kier alpha value is -2.53. The number of hydrogen-bond donors (Lipinski definition) is 3. The van der Waals surface area contributed by atoms with Crippen LogP contribution in [0.5, 0.6) is 5.88 Å². The zero-order chi connectivity index (χ0) is 18.9. The van der Waals surface area contributed by atoms with E-state index < -0.39 is 15.7 Å². The lowest BCUT2D eigenvalue weighted by Crippen LogP contribution is -2.33. The summed E-state index contributed by atoms with van der Waals surface area (Å²) in [4.78, 5) is 11.2. The van der Waals surface area contributed by atoms with Gasteiger partial charge in [0.15, 0.2) is 15.5 Å². The van der Waals surface area contributed by atoms with Crippen molar-refractivity contribution in [1.29, 1.82) is 0 Å². The van der Waals surface area contributed by atoms with Gasteiger partial charge in [0.1, 0.15) is 6.54 Å². The maximum atomic E-state index is 11.5. The molecular formula is C15H17N5O4S2. The largest absolute Gasteiger partial charge is 0.493 e. The molecule has 1 saturated heterocycles. The number of para-hydroxylation sites is 1. The summed E-state index contributed by atoms with van der Waals surface area (Å²) in [5, 5.41) is 21.7. The molecule has 0 bridgehead atoms. The minimum Gasteiger partial charge on any atom is -0.493 e. The summed E-state index contributed by atoms with van der Waals surface area (Å²) in [6, 6.07) is 6.66. The van der Waals surface area contributed by atoms with Gasteiger partial charge in [0, 0.05) is 11.4 Å². The van der Waals surface area contributed by atoms with Crippen molar-refractivity contribution in [2.45, 2.75) is 19.0 Å². The highest BCUT2D eigenvalue weighted by molar-refractivity contribution is 7.91. The number of rotatable bonds is 4. The fraction of sp³-hybridized carbons (Fsp3) is 0.333. The second-order valence-electron chi connectivity index (χ2n) is 5.99. The Morgan fingerprint density at radius 1 is 1.42 bits per heavy atom. The highest BCUT2D eigenvalue weighted by atomic mass is 32.2. The molecule has 1 aromatic heterocycles. The zero-order valence-corrected chi connectivity index (χ0v) is 15.3. The lowest BCUT2D eigenvalue weighted by atomic mass is 10.2. The summed E-state index contributed by atoms with van der Waals surface area (Å²) in [5.74, 6) is -0.735. The molecule has 2 aromatic rings. The van der Waals surface area contributed by atoms with Crippen LogP contribution in [0, 0.1) is 0 Å². The Morgan fingerprint density at radius 3 is 2.81 bits per heavy atom. The van der Waals surface area contributed by atoms with Crippen LogP contribution in [0.4, 0.5) is 5.69 Å². The van der Waals surface area contributed by atoms with Gasteiger partial charge < -0.3 is 20.7 Å². The molecule has 0 saturated carbocycles. The number of aromatic hydroxyl groups is 1. The Kier molecular flexibility index (Phi) is 4.92. The average molecular weight is 395 g/mol. The lowest BCUT2D eigenvalue weighted by molar-refractivity contribution is -0.118. The minimum atomic E-state index is -3.03. The number of aromatic nitrogens is 1. The van der Waals surface area contributed by atoms with E-state index in [1.807, 2.05) is 0 Å². The van der Waals surface area contributed by atoms with Crippen LogP contribution in [0.3, 0.4) is 0 Å². The molecule has 1 unspecified atom stereocenters. The summed E-state index contributed by atoms with van der Waals surface area (Å²) in [5.41, 5.74) is 5.96. The molecule has 0 aliphatic carbocycles. The third kappa shape index (κ3) is 3.83. The number of amides is 1. The van der Waals surface area contributed by atoms with Gasteiger partial charge in [-0.05, 0) is 24.7 Å². The molecule has 1 aliphatic rings. The summed E-state index contributed by atoms with van der Waals surface area (Å²) >= 11 is 5.08. The van der Waals surface area contributed by atoms with Crippen molar-refractivity contribution in [3.8, 4) is 5.88 Å². The molecule has 2 heterocycles. The van der Waals surface area contributed by atoms with Crippen LogP contribution in [0.25, 0.3) is 10.9 Å². The van der Waals surface area contributed by atoms with Crippen molar-refractivity contribution in [1.82, 2.24) is 9.88 Å². The number of primary amides is 1. The second kappa shape index (κ2) is 7.00. The molecule has 0 radical (unpaired) electrons. The number of thiocarbonyl (C=S) groups is 1. The molecule has 9 nitrogen and oxygen atoms in total. The van der Waals surface area contributed by atoms with Crippen molar-refractivity contribution in [3.63, 3.8) is 0 Å². The highest BCUT2D eigenvalue weighted by Gasteiger charge is 2.28. The number of carbonyl (C=O) groups excluding carboxylic acids is 1. The summed E-state index contributed by atoms with van der Waals surface area (Å²) in [6.45, 7) is -0.204. The fourth-order valence-corrected chi connectivity index (χ4v) is 4.77.